The van der Waals surface area contributed by atoms with Gasteiger partial charge in [-0.1, -0.05) is 30.3 Å². The van der Waals surface area contributed by atoms with E-state index >= 15 is 0 Å². The zero-order valence-electron chi connectivity index (χ0n) is 21.1. The summed E-state index contributed by atoms with van der Waals surface area (Å²) in [7, 11) is 0. The van der Waals surface area contributed by atoms with E-state index in [9.17, 15) is 15.0 Å². The molecule has 12 nitrogen and oxygen atoms in total. The minimum atomic E-state index is -1.31. The second kappa shape index (κ2) is 10.1. The van der Waals surface area contributed by atoms with Crippen molar-refractivity contribution in [1.29, 1.82) is 0 Å². The Balaban J connectivity index is 1.53. The van der Waals surface area contributed by atoms with Crippen molar-refractivity contribution in [1.82, 2.24) is 29.9 Å². The Morgan fingerprint density at radius 2 is 1.92 bits per heavy atom. The van der Waals surface area contributed by atoms with Gasteiger partial charge in [-0.05, 0) is 38.5 Å². The van der Waals surface area contributed by atoms with Gasteiger partial charge in [-0.15, -0.1) is 10.2 Å². The second-order valence-electron chi connectivity index (χ2n) is 9.25. The summed E-state index contributed by atoms with van der Waals surface area (Å²) in [6, 6.07) is 14.2. The molecule has 0 fully saturated rings. The number of rotatable bonds is 9. The van der Waals surface area contributed by atoms with E-state index in [0.717, 1.165) is 5.56 Å². The maximum Gasteiger partial charge on any atom is 0.273 e. The van der Waals surface area contributed by atoms with Gasteiger partial charge in [-0.2, -0.15) is 0 Å². The average Bonchev–Trinajstić information content (AvgIpc) is 3.53. The summed E-state index contributed by atoms with van der Waals surface area (Å²) >= 11 is 0. The molecule has 4 aromatic heterocycles. The lowest BCUT2D eigenvalue weighted by molar-refractivity contribution is 0.0488. The topological polar surface area (TPSA) is 167 Å². The van der Waals surface area contributed by atoms with Crippen LogP contribution in [0, 0.1) is 0 Å². The molecule has 0 aliphatic carbocycles. The van der Waals surface area contributed by atoms with Crippen LogP contribution in [0.25, 0.3) is 22.5 Å². The van der Waals surface area contributed by atoms with Crippen molar-refractivity contribution >= 4 is 28.4 Å². The molecular weight excluding hydrogens is 488 g/mol. The monoisotopic (exact) mass is 516 g/mol. The van der Waals surface area contributed by atoms with E-state index in [-0.39, 0.29) is 23.9 Å². The van der Waals surface area contributed by atoms with Gasteiger partial charge < -0.3 is 25.3 Å². The van der Waals surface area contributed by atoms with E-state index in [1.165, 1.54) is 0 Å². The smallest absolute Gasteiger partial charge is 0.273 e. The third-order valence-electron chi connectivity index (χ3n) is 5.98. The van der Waals surface area contributed by atoms with Crippen LogP contribution in [0.5, 0.6) is 0 Å². The second-order valence-corrected chi connectivity index (χ2v) is 9.25. The highest BCUT2D eigenvalue weighted by Gasteiger charge is 2.26. The van der Waals surface area contributed by atoms with Crippen LogP contribution >= 0.6 is 0 Å². The maximum atomic E-state index is 12.1. The van der Waals surface area contributed by atoms with Gasteiger partial charge >= 0.3 is 0 Å². The predicted molar refractivity (Wildman–Crippen MR) is 142 cm³/mol. The molecule has 1 aromatic carbocycles. The fourth-order valence-electron chi connectivity index (χ4n) is 4.00. The van der Waals surface area contributed by atoms with Crippen molar-refractivity contribution in [2.45, 2.75) is 39.0 Å². The third-order valence-corrected chi connectivity index (χ3v) is 5.98. The Bertz CT molecular complexity index is 1620. The highest BCUT2D eigenvalue weighted by molar-refractivity contribution is 5.79. The van der Waals surface area contributed by atoms with Gasteiger partial charge in [0.1, 0.15) is 17.2 Å². The van der Waals surface area contributed by atoms with E-state index in [4.69, 9.17) is 4.42 Å². The zero-order chi connectivity index (χ0) is 26.9. The molecule has 4 heterocycles. The minimum absolute atomic E-state index is 0.0633. The van der Waals surface area contributed by atoms with Gasteiger partial charge in [0.25, 0.3) is 11.4 Å². The number of anilines is 3. The van der Waals surface area contributed by atoms with Crippen molar-refractivity contribution in [2.75, 3.05) is 17.2 Å². The molecule has 0 amide bonds. The molecule has 38 heavy (non-hydrogen) atoms. The first-order chi connectivity index (χ1) is 18.3. The van der Waals surface area contributed by atoms with E-state index in [2.05, 4.69) is 35.9 Å². The van der Waals surface area contributed by atoms with Gasteiger partial charge in [0, 0.05) is 18.8 Å². The Hall–Kier alpha value is -4.55. The summed E-state index contributed by atoms with van der Waals surface area (Å²) in [4.78, 5) is 21.2. The normalized spacial score (nSPS) is 12.6. The van der Waals surface area contributed by atoms with Crippen LogP contribution in [-0.2, 0) is 12.1 Å². The number of fused-ring (bicyclic) bond motifs is 1. The van der Waals surface area contributed by atoms with Crippen molar-refractivity contribution in [3.05, 3.63) is 76.5 Å². The molecular formula is C26H28N8O4. The number of hydrogen-bond acceptors (Lipinski definition) is 10. The summed E-state index contributed by atoms with van der Waals surface area (Å²) in [5.74, 6) is 1.17. The molecule has 0 aliphatic rings. The number of benzene rings is 1. The van der Waals surface area contributed by atoms with Crippen LogP contribution in [-0.4, -0.2) is 46.8 Å². The van der Waals surface area contributed by atoms with Gasteiger partial charge in [0.2, 0.25) is 5.89 Å². The number of aromatic amines is 1. The average molecular weight is 517 g/mol. The molecule has 5 aromatic rings. The number of H-pyrrole nitrogens is 1. The van der Waals surface area contributed by atoms with Crippen molar-refractivity contribution in [2.24, 2.45) is 0 Å². The Kier molecular flexibility index (Phi) is 6.66. The molecule has 0 aliphatic heterocycles. The van der Waals surface area contributed by atoms with Crippen molar-refractivity contribution in [3.8, 4) is 11.5 Å². The van der Waals surface area contributed by atoms with E-state index < -0.39 is 11.6 Å². The van der Waals surface area contributed by atoms with E-state index in [0.29, 0.717) is 40.5 Å². The van der Waals surface area contributed by atoms with E-state index in [1.807, 2.05) is 37.3 Å². The fourth-order valence-corrected chi connectivity index (χ4v) is 4.00. The predicted octanol–water partition coefficient (Wildman–Crippen LogP) is 3.31. The van der Waals surface area contributed by atoms with Crippen LogP contribution in [0.4, 0.5) is 17.3 Å². The molecule has 0 saturated heterocycles. The molecule has 1 atom stereocenters. The molecule has 196 valence electrons. The first-order valence-electron chi connectivity index (χ1n) is 12.1. The summed E-state index contributed by atoms with van der Waals surface area (Å²) in [6.07, 6.45) is 1.56. The van der Waals surface area contributed by atoms with Crippen molar-refractivity contribution in [3.63, 3.8) is 0 Å². The fraction of sp³-hybridized carbons (Fsp3) is 0.269. The quantitative estimate of drug-likeness (QED) is 0.196. The lowest BCUT2D eigenvalue weighted by Gasteiger charge is -2.20. The van der Waals surface area contributed by atoms with Gasteiger partial charge in [0.05, 0.1) is 29.3 Å². The Labute approximate surface area is 217 Å². The maximum absolute atomic E-state index is 12.1. The zero-order valence-corrected chi connectivity index (χ0v) is 21.1. The molecule has 5 N–H and O–H groups in total. The van der Waals surface area contributed by atoms with Crippen molar-refractivity contribution < 1.29 is 14.6 Å². The summed E-state index contributed by atoms with van der Waals surface area (Å²) < 4.78 is 7.42. The highest BCUT2D eigenvalue weighted by atomic mass is 16.4. The SMILES string of the molecule is CCn1[nH]c(=O)c2ccc(Nc3cc(N[C@H](CO)c4ccccc4)c(-c4nnc(C(C)(C)O)o4)cn3)nc21. The largest absolute Gasteiger partial charge is 0.417 e. The number of hydrogen-bond donors (Lipinski definition) is 5. The van der Waals surface area contributed by atoms with E-state index in [1.54, 1.807) is 42.9 Å². The number of aliphatic hydroxyl groups excluding tert-OH is 1. The number of nitrogens with zero attached hydrogens (tertiary/aromatic N) is 5. The van der Waals surface area contributed by atoms with Crippen LogP contribution in [0.3, 0.4) is 0 Å². The minimum Gasteiger partial charge on any atom is -0.417 e. The van der Waals surface area contributed by atoms with Crippen LogP contribution in [0.1, 0.15) is 38.3 Å². The number of pyridine rings is 2. The lowest BCUT2D eigenvalue weighted by atomic mass is 10.1. The Morgan fingerprint density at radius 1 is 1.13 bits per heavy atom. The number of aliphatic hydroxyl groups is 2. The Morgan fingerprint density at radius 3 is 2.61 bits per heavy atom. The molecule has 0 spiro atoms. The third kappa shape index (κ3) is 4.99. The first-order valence-corrected chi connectivity index (χ1v) is 12.1. The number of nitrogens with one attached hydrogen (secondary N) is 3. The summed E-state index contributed by atoms with van der Waals surface area (Å²) in [5.41, 5.74) is 0.953. The number of aromatic nitrogens is 6. The standard InChI is InChI=1S/C26H28N8O4/c1-4-34-22-16(23(36)33-34)10-11-20(30-22)29-21-12-18(28-19(14-35)15-8-6-5-7-9-15)17(13-27-21)24-31-32-25(38-24)26(2,3)37/h5-13,19,35,37H,4,14H2,1-3H3,(H,33,36)(H2,27,28,29,30)/t19-/m1/s1. The molecule has 12 heteroatoms. The molecule has 0 bridgehead atoms. The molecule has 0 unspecified atom stereocenters. The van der Waals surface area contributed by atoms with Crippen LogP contribution < -0.4 is 16.2 Å². The van der Waals surface area contributed by atoms with Gasteiger partial charge in [0.15, 0.2) is 5.65 Å². The molecule has 0 saturated carbocycles. The van der Waals surface area contributed by atoms with Gasteiger partial charge in [-0.3, -0.25) is 14.6 Å². The van der Waals surface area contributed by atoms with Gasteiger partial charge in [-0.25, -0.2) is 9.97 Å². The highest BCUT2D eigenvalue weighted by Crippen LogP contribution is 2.33. The summed E-state index contributed by atoms with van der Waals surface area (Å²) in [6.45, 7) is 5.42. The molecule has 0 radical (unpaired) electrons. The number of aryl methyl sites for hydroxylation is 1. The lowest BCUT2D eigenvalue weighted by Crippen LogP contribution is -2.16. The van der Waals surface area contributed by atoms with Crippen LogP contribution in [0.15, 0.2) is 63.9 Å². The summed E-state index contributed by atoms with van der Waals surface area (Å²) in [5, 5.41) is 38.3. The van der Waals surface area contributed by atoms with Crippen LogP contribution in [0.2, 0.25) is 0 Å². The first kappa shape index (κ1) is 25.1. The molecule has 5 rings (SSSR count).